The van der Waals surface area contributed by atoms with Crippen LogP contribution in [0, 0.1) is 0 Å². The minimum atomic E-state index is -0.650. The normalized spacial score (nSPS) is 16.4. The van der Waals surface area contributed by atoms with Crippen molar-refractivity contribution in [3.05, 3.63) is 69.3 Å². The van der Waals surface area contributed by atoms with Crippen molar-refractivity contribution in [1.82, 2.24) is 10.6 Å². The molecule has 1 aliphatic heterocycles. The summed E-state index contributed by atoms with van der Waals surface area (Å²) in [5.41, 5.74) is 1.93. The molecule has 0 saturated carbocycles. The molecule has 0 saturated heterocycles. The number of carbonyl (C=O) groups excluding carboxylic acids is 2. The maximum Gasteiger partial charge on any atom is 0.319 e. The predicted molar refractivity (Wildman–Crippen MR) is 105 cm³/mol. The highest BCUT2D eigenvalue weighted by molar-refractivity contribution is 6.31. The second-order valence-corrected chi connectivity index (χ2v) is 6.80. The van der Waals surface area contributed by atoms with E-state index in [1.54, 1.807) is 49.4 Å². The number of rotatable bonds is 4. The van der Waals surface area contributed by atoms with E-state index >= 15 is 0 Å². The third-order valence-electron chi connectivity index (χ3n) is 4.11. The van der Waals surface area contributed by atoms with Gasteiger partial charge >= 0.3 is 6.03 Å². The van der Waals surface area contributed by atoms with Gasteiger partial charge in [-0.05, 0) is 42.8 Å². The molecular weight excluding hydrogens is 389 g/mol. The zero-order chi connectivity index (χ0) is 19.6. The molecule has 0 radical (unpaired) electrons. The average molecular weight is 406 g/mol. The smallest absolute Gasteiger partial charge is 0.319 e. The van der Waals surface area contributed by atoms with Gasteiger partial charge in [0.1, 0.15) is 5.75 Å². The van der Waals surface area contributed by atoms with Gasteiger partial charge < -0.3 is 20.7 Å². The number of benzene rings is 2. The highest BCUT2D eigenvalue weighted by Crippen LogP contribution is 2.32. The highest BCUT2D eigenvalue weighted by atomic mass is 35.5. The molecule has 140 valence electrons. The molecule has 0 aromatic heterocycles. The molecular formula is C19H17Cl2N3O3. The molecule has 8 heteroatoms. The summed E-state index contributed by atoms with van der Waals surface area (Å²) >= 11 is 12.1. The molecule has 1 heterocycles. The maximum absolute atomic E-state index is 13.0. The largest absolute Gasteiger partial charge is 0.495 e. The van der Waals surface area contributed by atoms with Crippen molar-refractivity contribution in [2.24, 2.45) is 0 Å². The van der Waals surface area contributed by atoms with Gasteiger partial charge in [0.2, 0.25) is 0 Å². The molecule has 0 fully saturated rings. The van der Waals surface area contributed by atoms with E-state index in [9.17, 15) is 9.59 Å². The molecule has 3 N–H and O–H groups in total. The number of carbonyl (C=O) groups is 2. The molecule has 3 amide bonds. The van der Waals surface area contributed by atoms with Crippen LogP contribution in [-0.2, 0) is 4.79 Å². The van der Waals surface area contributed by atoms with Crippen molar-refractivity contribution in [1.29, 1.82) is 0 Å². The van der Waals surface area contributed by atoms with E-state index in [-0.39, 0.29) is 0 Å². The van der Waals surface area contributed by atoms with Crippen molar-refractivity contribution in [3.8, 4) is 5.75 Å². The molecule has 0 aliphatic carbocycles. The van der Waals surface area contributed by atoms with Crippen LogP contribution in [0.3, 0.4) is 0 Å². The summed E-state index contributed by atoms with van der Waals surface area (Å²) in [5.74, 6) is 0.0728. The molecule has 2 aromatic carbocycles. The first kappa shape index (κ1) is 19.1. The van der Waals surface area contributed by atoms with Gasteiger partial charge in [0.15, 0.2) is 0 Å². The summed E-state index contributed by atoms with van der Waals surface area (Å²) in [6, 6.07) is 10.9. The molecule has 3 rings (SSSR count). The van der Waals surface area contributed by atoms with Crippen LogP contribution < -0.4 is 20.7 Å². The average Bonchev–Trinajstić information content (AvgIpc) is 2.61. The second-order valence-electron chi connectivity index (χ2n) is 5.92. The Labute approximate surface area is 166 Å². The lowest BCUT2D eigenvalue weighted by molar-refractivity contribution is -0.113. The van der Waals surface area contributed by atoms with E-state index in [4.69, 9.17) is 27.9 Å². The number of urea groups is 1. The van der Waals surface area contributed by atoms with E-state index in [1.165, 1.54) is 7.11 Å². The number of methoxy groups -OCH3 is 1. The third-order valence-corrected chi connectivity index (χ3v) is 4.58. The summed E-state index contributed by atoms with van der Waals surface area (Å²) in [5, 5.41) is 9.16. The van der Waals surface area contributed by atoms with Gasteiger partial charge in [-0.3, -0.25) is 4.79 Å². The summed E-state index contributed by atoms with van der Waals surface area (Å²) in [6.45, 7) is 1.67. The zero-order valence-electron chi connectivity index (χ0n) is 14.6. The molecule has 0 spiro atoms. The number of hydrogen-bond acceptors (Lipinski definition) is 3. The van der Waals surface area contributed by atoms with Crippen LogP contribution in [0.4, 0.5) is 10.5 Å². The van der Waals surface area contributed by atoms with Crippen molar-refractivity contribution < 1.29 is 14.3 Å². The molecule has 27 heavy (non-hydrogen) atoms. The number of allylic oxidation sites excluding steroid dienone is 1. The first-order valence-corrected chi connectivity index (χ1v) is 8.83. The van der Waals surface area contributed by atoms with Gasteiger partial charge in [0.25, 0.3) is 5.91 Å². The lowest BCUT2D eigenvalue weighted by Gasteiger charge is -2.29. The van der Waals surface area contributed by atoms with E-state index < -0.39 is 18.0 Å². The quantitative estimate of drug-likeness (QED) is 0.710. The Balaban J connectivity index is 1.98. The molecule has 2 aromatic rings. The zero-order valence-corrected chi connectivity index (χ0v) is 16.1. The minimum absolute atomic E-state index is 0.360. The number of hydrogen-bond donors (Lipinski definition) is 3. The number of halogens is 2. The maximum atomic E-state index is 13.0. The van der Waals surface area contributed by atoms with E-state index in [1.807, 2.05) is 0 Å². The first-order chi connectivity index (χ1) is 12.9. The minimum Gasteiger partial charge on any atom is -0.495 e. The number of nitrogens with one attached hydrogen (secondary N) is 3. The third kappa shape index (κ3) is 4.18. The van der Waals surface area contributed by atoms with Gasteiger partial charge in [-0.2, -0.15) is 0 Å². The Morgan fingerprint density at radius 2 is 1.89 bits per heavy atom. The summed E-state index contributed by atoms with van der Waals surface area (Å²) < 4.78 is 5.27. The first-order valence-electron chi connectivity index (χ1n) is 8.07. The second kappa shape index (κ2) is 7.90. The van der Waals surface area contributed by atoms with E-state index in [2.05, 4.69) is 16.0 Å². The van der Waals surface area contributed by atoms with Gasteiger partial charge in [-0.15, -0.1) is 0 Å². The van der Waals surface area contributed by atoms with Gasteiger partial charge in [-0.1, -0.05) is 35.3 Å². The Kier molecular flexibility index (Phi) is 5.58. The fourth-order valence-electron chi connectivity index (χ4n) is 2.90. The molecule has 0 bridgehead atoms. The number of anilines is 1. The van der Waals surface area contributed by atoms with Crippen LogP contribution in [0.5, 0.6) is 5.75 Å². The van der Waals surface area contributed by atoms with Gasteiger partial charge in [0.05, 0.1) is 24.4 Å². The van der Waals surface area contributed by atoms with Crippen molar-refractivity contribution >= 4 is 40.8 Å². The Morgan fingerprint density at radius 1 is 1.15 bits per heavy atom. The van der Waals surface area contributed by atoms with Crippen LogP contribution in [0.1, 0.15) is 18.5 Å². The molecule has 6 nitrogen and oxygen atoms in total. The Hall–Kier alpha value is -2.70. The number of amides is 3. The Bertz CT molecular complexity index is 944. The van der Waals surface area contributed by atoms with E-state index in [0.29, 0.717) is 38.3 Å². The van der Waals surface area contributed by atoms with Gasteiger partial charge in [0, 0.05) is 15.7 Å². The van der Waals surface area contributed by atoms with Crippen LogP contribution in [-0.4, -0.2) is 19.0 Å². The molecule has 1 atom stereocenters. The fraction of sp³-hybridized carbons (Fsp3) is 0.158. The van der Waals surface area contributed by atoms with Crippen molar-refractivity contribution in [2.45, 2.75) is 13.0 Å². The van der Waals surface area contributed by atoms with Crippen molar-refractivity contribution in [3.63, 3.8) is 0 Å². The van der Waals surface area contributed by atoms with Crippen LogP contribution in [0.2, 0.25) is 10.0 Å². The number of ether oxygens (including phenoxy) is 1. The van der Waals surface area contributed by atoms with Gasteiger partial charge in [-0.25, -0.2) is 4.79 Å². The summed E-state index contributed by atoms with van der Waals surface area (Å²) in [6.07, 6.45) is 0. The highest BCUT2D eigenvalue weighted by Gasteiger charge is 2.31. The standard InChI is InChI=1S/C19H17Cl2N3O3/c1-10-16(18(25)23-14-9-13(21)6-7-15(14)27-2)17(24-19(26)22-10)11-4-3-5-12(20)8-11/h3-9,17H,1-2H3,(H,23,25)(H2,22,24,26). The lowest BCUT2D eigenvalue weighted by Crippen LogP contribution is -2.46. The molecule has 1 unspecified atom stereocenters. The fourth-order valence-corrected chi connectivity index (χ4v) is 3.27. The monoisotopic (exact) mass is 405 g/mol. The SMILES string of the molecule is COc1ccc(Cl)cc1NC(=O)C1=C(C)NC(=O)NC1c1cccc(Cl)c1. The van der Waals surface area contributed by atoms with Crippen LogP contribution in [0.15, 0.2) is 53.7 Å². The Morgan fingerprint density at radius 3 is 2.59 bits per heavy atom. The van der Waals surface area contributed by atoms with Crippen LogP contribution >= 0.6 is 23.2 Å². The lowest BCUT2D eigenvalue weighted by atomic mass is 9.95. The van der Waals surface area contributed by atoms with Crippen LogP contribution in [0.25, 0.3) is 0 Å². The topological polar surface area (TPSA) is 79.5 Å². The summed E-state index contributed by atoms with van der Waals surface area (Å²) in [4.78, 5) is 25.0. The van der Waals surface area contributed by atoms with Crippen molar-refractivity contribution in [2.75, 3.05) is 12.4 Å². The predicted octanol–water partition coefficient (Wildman–Crippen LogP) is 4.27. The summed E-state index contributed by atoms with van der Waals surface area (Å²) in [7, 11) is 1.50. The van der Waals surface area contributed by atoms with E-state index in [0.717, 1.165) is 0 Å². The molecule has 1 aliphatic rings.